The molecular weight excluding hydrogens is 226 g/mol. The average Bonchev–Trinajstić information content (AvgIpc) is 2.24. The van der Waals surface area contributed by atoms with Gasteiger partial charge in [0.2, 0.25) is 0 Å². The summed E-state index contributed by atoms with van der Waals surface area (Å²) in [5, 5.41) is 21.2. The van der Waals surface area contributed by atoms with Gasteiger partial charge in [0.1, 0.15) is 5.54 Å². The molecule has 0 heterocycles. The number of carbonyl (C=O) groups is 1. The predicted molar refractivity (Wildman–Crippen MR) is 68.0 cm³/mol. The molecule has 0 amide bonds. The molecule has 0 aliphatic carbocycles. The summed E-state index contributed by atoms with van der Waals surface area (Å²) in [5.41, 5.74) is -0.822. The molecular formula is C11H23NO3S. The summed E-state index contributed by atoms with van der Waals surface area (Å²) < 4.78 is 0. The number of aliphatic hydroxyl groups is 1. The van der Waals surface area contributed by atoms with Crippen molar-refractivity contribution < 1.29 is 15.0 Å². The monoisotopic (exact) mass is 249 g/mol. The van der Waals surface area contributed by atoms with E-state index in [9.17, 15) is 4.79 Å². The first-order chi connectivity index (χ1) is 7.46. The van der Waals surface area contributed by atoms with E-state index < -0.39 is 11.5 Å². The Labute approximate surface area is 102 Å². The van der Waals surface area contributed by atoms with Gasteiger partial charge in [0.15, 0.2) is 0 Å². The fraction of sp³-hybridized carbons (Fsp3) is 0.909. The lowest BCUT2D eigenvalue weighted by Gasteiger charge is -2.25. The summed E-state index contributed by atoms with van der Waals surface area (Å²) in [6.45, 7) is 6.42. The van der Waals surface area contributed by atoms with Crippen molar-refractivity contribution >= 4 is 17.7 Å². The minimum atomic E-state index is -0.822. The molecule has 0 spiro atoms. The zero-order valence-corrected chi connectivity index (χ0v) is 11.1. The zero-order chi connectivity index (χ0) is 12.6. The summed E-state index contributed by atoms with van der Waals surface area (Å²) in [6.07, 6.45) is 1.45. The van der Waals surface area contributed by atoms with Crippen LogP contribution in [-0.4, -0.2) is 45.9 Å². The van der Waals surface area contributed by atoms with Crippen molar-refractivity contribution in [2.24, 2.45) is 0 Å². The largest absolute Gasteiger partial charge is 0.480 e. The second-order valence-corrected chi connectivity index (χ2v) is 5.68. The van der Waals surface area contributed by atoms with E-state index >= 15 is 0 Å². The third kappa shape index (κ3) is 5.72. The Morgan fingerprint density at radius 1 is 1.56 bits per heavy atom. The number of likely N-dealkylation sites (N-methyl/N-ethyl adjacent to an activating group) is 1. The van der Waals surface area contributed by atoms with Crippen LogP contribution in [0.4, 0.5) is 0 Å². The van der Waals surface area contributed by atoms with Gasteiger partial charge in [-0.2, -0.15) is 11.8 Å². The van der Waals surface area contributed by atoms with E-state index in [1.54, 1.807) is 18.7 Å². The molecule has 0 radical (unpaired) electrons. The highest BCUT2D eigenvalue weighted by Crippen LogP contribution is 2.17. The molecule has 2 atom stereocenters. The number of nitrogens with one attached hydrogen (secondary N) is 1. The lowest BCUT2D eigenvalue weighted by molar-refractivity contribution is -0.144. The van der Waals surface area contributed by atoms with E-state index in [2.05, 4.69) is 5.32 Å². The second-order valence-electron chi connectivity index (χ2n) is 4.14. The Bertz CT molecular complexity index is 213. The molecule has 2 unspecified atom stereocenters. The minimum absolute atomic E-state index is 0.175. The highest BCUT2D eigenvalue weighted by Gasteiger charge is 2.31. The molecule has 96 valence electrons. The van der Waals surface area contributed by atoms with Crippen molar-refractivity contribution in [3.05, 3.63) is 0 Å². The number of hydrogen-bond acceptors (Lipinski definition) is 4. The fourth-order valence-electron chi connectivity index (χ4n) is 1.42. The summed E-state index contributed by atoms with van der Waals surface area (Å²) in [6, 6.07) is 0. The normalized spacial score (nSPS) is 16.8. The van der Waals surface area contributed by atoms with Crippen molar-refractivity contribution in [1.82, 2.24) is 5.32 Å². The maximum Gasteiger partial charge on any atom is 0.323 e. The lowest BCUT2D eigenvalue weighted by atomic mass is 9.96. The third-order valence-corrected chi connectivity index (χ3v) is 3.76. The molecule has 0 fully saturated rings. The highest BCUT2D eigenvalue weighted by atomic mass is 32.2. The van der Waals surface area contributed by atoms with E-state index in [-0.39, 0.29) is 11.9 Å². The van der Waals surface area contributed by atoms with Gasteiger partial charge in [-0.3, -0.25) is 4.79 Å². The molecule has 3 N–H and O–H groups in total. The quantitative estimate of drug-likeness (QED) is 0.538. The third-order valence-electron chi connectivity index (χ3n) is 2.52. The van der Waals surface area contributed by atoms with Gasteiger partial charge < -0.3 is 15.5 Å². The number of aliphatic carboxylic acids is 1. The van der Waals surface area contributed by atoms with Gasteiger partial charge in [0.25, 0.3) is 0 Å². The molecule has 0 aliphatic heterocycles. The molecule has 0 bridgehead atoms. The summed E-state index contributed by atoms with van der Waals surface area (Å²) in [5.74, 6) is 0.0882. The van der Waals surface area contributed by atoms with E-state index in [4.69, 9.17) is 10.2 Å². The first-order valence-corrected chi connectivity index (χ1v) is 6.72. The first kappa shape index (κ1) is 15.7. The van der Waals surface area contributed by atoms with Crippen LogP contribution in [0.1, 0.15) is 33.6 Å². The number of hydrogen-bond donors (Lipinski definition) is 3. The van der Waals surface area contributed by atoms with Crippen LogP contribution in [0.5, 0.6) is 0 Å². The van der Waals surface area contributed by atoms with Gasteiger partial charge in [-0.25, -0.2) is 0 Å². The van der Waals surface area contributed by atoms with E-state index in [0.717, 1.165) is 12.2 Å². The number of carboxylic acids is 1. The summed E-state index contributed by atoms with van der Waals surface area (Å²) in [4.78, 5) is 11.1. The predicted octanol–water partition coefficient (Wildman–Crippen LogP) is 1.33. The lowest BCUT2D eigenvalue weighted by Crippen LogP contribution is -2.49. The highest BCUT2D eigenvalue weighted by molar-refractivity contribution is 7.99. The standard InChI is InChI=1S/C11H23NO3S/c1-4-12-11(3,10(14)15)6-5-7-16-9(2)8-13/h9,12-13H,4-8H2,1-3H3,(H,14,15). The molecule has 0 rings (SSSR count). The van der Waals surface area contributed by atoms with Crippen molar-refractivity contribution in [2.75, 3.05) is 18.9 Å². The van der Waals surface area contributed by atoms with Crippen LogP contribution in [0.2, 0.25) is 0 Å². The molecule has 0 saturated heterocycles. The maximum atomic E-state index is 11.1. The Balaban J connectivity index is 3.90. The van der Waals surface area contributed by atoms with Gasteiger partial charge in [0, 0.05) is 5.25 Å². The average molecular weight is 249 g/mol. The number of carboxylic acid groups (broad SMARTS) is 1. The van der Waals surface area contributed by atoms with Gasteiger partial charge in [0.05, 0.1) is 6.61 Å². The van der Waals surface area contributed by atoms with Crippen LogP contribution in [0.25, 0.3) is 0 Å². The maximum absolute atomic E-state index is 11.1. The SMILES string of the molecule is CCNC(C)(CCCSC(C)CO)C(=O)O. The topological polar surface area (TPSA) is 69.6 Å². The number of aliphatic hydroxyl groups excluding tert-OH is 1. The van der Waals surface area contributed by atoms with Gasteiger partial charge in [-0.15, -0.1) is 0 Å². The van der Waals surface area contributed by atoms with Crippen LogP contribution < -0.4 is 5.32 Å². The Kier molecular flexibility index (Phi) is 7.80. The van der Waals surface area contributed by atoms with Crippen molar-refractivity contribution in [3.8, 4) is 0 Å². The van der Waals surface area contributed by atoms with Gasteiger partial charge >= 0.3 is 5.97 Å². The molecule has 0 saturated carbocycles. The molecule has 0 aliphatic rings. The van der Waals surface area contributed by atoms with Crippen LogP contribution in [0, 0.1) is 0 Å². The van der Waals surface area contributed by atoms with Crippen LogP contribution in [0.15, 0.2) is 0 Å². The molecule has 4 nitrogen and oxygen atoms in total. The summed E-state index contributed by atoms with van der Waals surface area (Å²) in [7, 11) is 0. The molecule has 5 heteroatoms. The van der Waals surface area contributed by atoms with Crippen molar-refractivity contribution in [1.29, 1.82) is 0 Å². The van der Waals surface area contributed by atoms with Crippen LogP contribution >= 0.6 is 11.8 Å². The fourth-order valence-corrected chi connectivity index (χ4v) is 2.24. The van der Waals surface area contributed by atoms with Gasteiger partial charge in [-0.05, 0) is 32.1 Å². The Morgan fingerprint density at radius 2 is 2.19 bits per heavy atom. The number of rotatable bonds is 9. The Morgan fingerprint density at radius 3 is 2.62 bits per heavy atom. The number of thioether (sulfide) groups is 1. The first-order valence-electron chi connectivity index (χ1n) is 5.67. The van der Waals surface area contributed by atoms with Crippen LogP contribution in [0.3, 0.4) is 0 Å². The van der Waals surface area contributed by atoms with Crippen LogP contribution in [-0.2, 0) is 4.79 Å². The van der Waals surface area contributed by atoms with Crippen molar-refractivity contribution in [2.45, 2.75) is 44.4 Å². The summed E-state index contributed by atoms with van der Waals surface area (Å²) >= 11 is 1.68. The smallest absolute Gasteiger partial charge is 0.323 e. The molecule has 16 heavy (non-hydrogen) atoms. The van der Waals surface area contributed by atoms with E-state index in [1.165, 1.54) is 0 Å². The minimum Gasteiger partial charge on any atom is -0.480 e. The van der Waals surface area contributed by atoms with Gasteiger partial charge in [-0.1, -0.05) is 13.8 Å². The molecule has 0 aromatic carbocycles. The molecule has 0 aromatic rings. The molecule has 0 aromatic heterocycles. The van der Waals surface area contributed by atoms with Crippen molar-refractivity contribution in [3.63, 3.8) is 0 Å². The van der Waals surface area contributed by atoms with E-state index in [1.807, 2.05) is 13.8 Å². The zero-order valence-electron chi connectivity index (χ0n) is 10.3. The van der Waals surface area contributed by atoms with E-state index in [0.29, 0.717) is 13.0 Å². The second kappa shape index (κ2) is 7.92. The Hall–Kier alpha value is -0.260.